The Kier molecular flexibility index (Phi) is 2.97. The van der Waals surface area contributed by atoms with Crippen molar-refractivity contribution in [1.82, 2.24) is 9.97 Å². The van der Waals surface area contributed by atoms with E-state index in [4.69, 9.17) is 4.74 Å². The van der Waals surface area contributed by atoms with E-state index in [2.05, 4.69) is 9.97 Å². The summed E-state index contributed by atoms with van der Waals surface area (Å²) < 4.78 is 18.2. The Morgan fingerprint density at radius 2 is 2.33 bits per heavy atom. The molecule has 2 rings (SSSR count). The molecule has 0 saturated carbocycles. The number of nitrogens with one attached hydrogen (secondary N) is 1. The first kappa shape index (κ1) is 10.1. The predicted molar refractivity (Wildman–Crippen MR) is 56.0 cm³/mol. The predicted octanol–water partition coefficient (Wildman–Crippen LogP) is 2.63. The summed E-state index contributed by atoms with van der Waals surface area (Å²) >= 11 is 0. The molecule has 0 unspecified atom stereocenters. The van der Waals surface area contributed by atoms with E-state index < -0.39 is 0 Å². The molecule has 4 heteroatoms. The average Bonchev–Trinajstić information content (AvgIpc) is 2.60. The molecule has 0 bridgehead atoms. The number of aromatic amines is 1. The Balaban J connectivity index is 2.16. The van der Waals surface area contributed by atoms with Gasteiger partial charge in [0.1, 0.15) is 18.2 Å². The van der Waals surface area contributed by atoms with Gasteiger partial charge < -0.3 is 9.72 Å². The summed E-state index contributed by atoms with van der Waals surface area (Å²) in [5.74, 6) is 0.483. The van der Waals surface area contributed by atoms with Crippen LogP contribution in [0.5, 0.6) is 0 Å². The average molecular weight is 208 g/mol. The molecule has 0 spiro atoms. The number of nitrogens with zero attached hydrogens (tertiary/aromatic N) is 1. The molecule has 15 heavy (non-hydrogen) atoms. The topological polar surface area (TPSA) is 37.9 Å². The number of imidazole rings is 1. The lowest BCUT2D eigenvalue weighted by Crippen LogP contribution is -1.95. The number of aromatic nitrogens is 2. The fraction of sp³-hybridized carbons (Fsp3) is 0.364. The van der Waals surface area contributed by atoms with Gasteiger partial charge in [-0.1, -0.05) is 6.92 Å². The summed E-state index contributed by atoms with van der Waals surface area (Å²) in [7, 11) is 0. The number of ether oxygens (including phenoxy) is 1. The molecule has 3 nitrogen and oxygen atoms in total. The Labute approximate surface area is 87.3 Å². The van der Waals surface area contributed by atoms with Crippen LogP contribution in [0.25, 0.3) is 11.0 Å². The van der Waals surface area contributed by atoms with Gasteiger partial charge in [0.05, 0.1) is 11.0 Å². The number of H-pyrrole nitrogens is 1. The smallest absolute Gasteiger partial charge is 0.133 e. The van der Waals surface area contributed by atoms with E-state index in [1.54, 1.807) is 6.07 Å². The van der Waals surface area contributed by atoms with Crippen LogP contribution in [0.15, 0.2) is 18.2 Å². The standard InChI is InChI=1S/C11H13FN2O/c1-2-5-15-7-11-13-9-4-3-8(12)6-10(9)14-11/h3-4,6H,2,5,7H2,1H3,(H,13,14). The van der Waals surface area contributed by atoms with Gasteiger partial charge in [0, 0.05) is 6.61 Å². The lowest BCUT2D eigenvalue weighted by molar-refractivity contribution is 0.117. The number of rotatable bonds is 4. The van der Waals surface area contributed by atoms with Gasteiger partial charge in [-0.15, -0.1) is 0 Å². The maximum Gasteiger partial charge on any atom is 0.133 e. The summed E-state index contributed by atoms with van der Waals surface area (Å²) in [6.45, 7) is 3.21. The largest absolute Gasteiger partial charge is 0.374 e. The molecule has 80 valence electrons. The van der Waals surface area contributed by atoms with Crippen molar-refractivity contribution >= 4 is 11.0 Å². The molecule has 0 aliphatic rings. The fourth-order valence-corrected chi connectivity index (χ4v) is 1.42. The van der Waals surface area contributed by atoms with E-state index in [-0.39, 0.29) is 5.82 Å². The molecule has 0 aliphatic heterocycles. The first-order valence-electron chi connectivity index (χ1n) is 5.01. The monoisotopic (exact) mass is 208 g/mol. The molecule has 0 atom stereocenters. The van der Waals surface area contributed by atoms with E-state index in [1.807, 2.05) is 6.92 Å². The van der Waals surface area contributed by atoms with E-state index in [0.717, 1.165) is 17.8 Å². The Bertz CT molecular complexity index is 453. The van der Waals surface area contributed by atoms with Crippen molar-refractivity contribution in [2.45, 2.75) is 20.0 Å². The minimum Gasteiger partial charge on any atom is -0.374 e. The fourth-order valence-electron chi connectivity index (χ4n) is 1.42. The van der Waals surface area contributed by atoms with Crippen molar-refractivity contribution in [3.8, 4) is 0 Å². The number of fused-ring (bicyclic) bond motifs is 1. The molecule has 1 aromatic heterocycles. The summed E-state index contributed by atoms with van der Waals surface area (Å²) in [4.78, 5) is 7.30. The molecule has 1 N–H and O–H groups in total. The summed E-state index contributed by atoms with van der Waals surface area (Å²) in [6, 6.07) is 4.50. The molecule has 0 saturated heterocycles. The lowest BCUT2D eigenvalue weighted by atomic mass is 10.3. The van der Waals surface area contributed by atoms with Crippen LogP contribution in [0, 0.1) is 5.82 Å². The molecule has 0 aliphatic carbocycles. The first-order valence-corrected chi connectivity index (χ1v) is 5.01. The van der Waals surface area contributed by atoms with Gasteiger partial charge in [-0.3, -0.25) is 0 Å². The molecule has 0 amide bonds. The van der Waals surface area contributed by atoms with E-state index in [0.29, 0.717) is 18.7 Å². The Morgan fingerprint density at radius 1 is 1.47 bits per heavy atom. The Hall–Kier alpha value is -1.42. The van der Waals surface area contributed by atoms with Crippen LogP contribution in [-0.4, -0.2) is 16.6 Å². The second-order valence-electron chi connectivity index (χ2n) is 3.40. The van der Waals surface area contributed by atoms with E-state index >= 15 is 0 Å². The number of hydrogen-bond acceptors (Lipinski definition) is 2. The highest BCUT2D eigenvalue weighted by molar-refractivity contribution is 5.74. The highest BCUT2D eigenvalue weighted by Gasteiger charge is 2.03. The third-order valence-electron chi connectivity index (χ3n) is 2.08. The maximum absolute atomic E-state index is 12.9. The molecule has 1 aromatic carbocycles. The van der Waals surface area contributed by atoms with Crippen LogP contribution < -0.4 is 0 Å². The molecular formula is C11H13FN2O. The molecule has 1 heterocycles. The van der Waals surface area contributed by atoms with Gasteiger partial charge in [-0.05, 0) is 24.6 Å². The highest BCUT2D eigenvalue weighted by atomic mass is 19.1. The van der Waals surface area contributed by atoms with Gasteiger partial charge in [-0.2, -0.15) is 0 Å². The van der Waals surface area contributed by atoms with Crippen LogP contribution in [0.3, 0.4) is 0 Å². The minimum atomic E-state index is -0.257. The van der Waals surface area contributed by atoms with Crippen molar-refractivity contribution < 1.29 is 9.13 Å². The van der Waals surface area contributed by atoms with Crippen molar-refractivity contribution in [3.05, 3.63) is 29.8 Å². The van der Waals surface area contributed by atoms with Crippen LogP contribution >= 0.6 is 0 Å². The zero-order valence-corrected chi connectivity index (χ0v) is 8.59. The normalized spacial score (nSPS) is 11.1. The maximum atomic E-state index is 12.9. The van der Waals surface area contributed by atoms with Gasteiger partial charge >= 0.3 is 0 Å². The van der Waals surface area contributed by atoms with Crippen LogP contribution in [0.2, 0.25) is 0 Å². The molecule has 2 aromatic rings. The quantitative estimate of drug-likeness (QED) is 0.784. The molecule has 0 radical (unpaired) electrons. The summed E-state index contributed by atoms with van der Waals surface area (Å²) in [5.41, 5.74) is 1.48. The lowest BCUT2D eigenvalue weighted by Gasteiger charge is -1.97. The second kappa shape index (κ2) is 4.40. The van der Waals surface area contributed by atoms with Gasteiger partial charge in [0.15, 0.2) is 0 Å². The Morgan fingerprint density at radius 3 is 3.13 bits per heavy atom. The number of hydrogen-bond donors (Lipinski definition) is 1. The first-order chi connectivity index (χ1) is 7.29. The third kappa shape index (κ3) is 2.33. The van der Waals surface area contributed by atoms with Crippen LogP contribution in [0.1, 0.15) is 19.2 Å². The van der Waals surface area contributed by atoms with Crippen molar-refractivity contribution in [3.63, 3.8) is 0 Å². The second-order valence-corrected chi connectivity index (χ2v) is 3.40. The van der Waals surface area contributed by atoms with Crippen LogP contribution in [0.4, 0.5) is 4.39 Å². The van der Waals surface area contributed by atoms with Gasteiger partial charge in [0.2, 0.25) is 0 Å². The van der Waals surface area contributed by atoms with E-state index in [9.17, 15) is 4.39 Å². The van der Waals surface area contributed by atoms with Crippen LogP contribution in [-0.2, 0) is 11.3 Å². The van der Waals surface area contributed by atoms with E-state index in [1.165, 1.54) is 12.1 Å². The SMILES string of the molecule is CCCOCc1nc2ccc(F)cc2[nH]1. The van der Waals surface area contributed by atoms with Crippen molar-refractivity contribution in [2.75, 3.05) is 6.61 Å². The number of benzene rings is 1. The number of halogens is 1. The van der Waals surface area contributed by atoms with Gasteiger partial charge in [-0.25, -0.2) is 9.37 Å². The zero-order chi connectivity index (χ0) is 10.7. The third-order valence-corrected chi connectivity index (χ3v) is 2.08. The zero-order valence-electron chi connectivity index (χ0n) is 8.59. The van der Waals surface area contributed by atoms with Gasteiger partial charge in [0.25, 0.3) is 0 Å². The summed E-state index contributed by atoms with van der Waals surface area (Å²) in [5, 5.41) is 0. The molecule has 0 fully saturated rings. The minimum absolute atomic E-state index is 0.257. The van der Waals surface area contributed by atoms with Crippen molar-refractivity contribution in [2.24, 2.45) is 0 Å². The molecular weight excluding hydrogens is 195 g/mol. The highest BCUT2D eigenvalue weighted by Crippen LogP contribution is 2.13. The summed E-state index contributed by atoms with van der Waals surface area (Å²) in [6.07, 6.45) is 0.981. The van der Waals surface area contributed by atoms with Crippen molar-refractivity contribution in [1.29, 1.82) is 0 Å².